The van der Waals surface area contributed by atoms with Crippen LogP contribution < -0.4 is 5.32 Å². The van der Waals surface area contributed by atoms with Crippen molar-refractivity contribution in [2.75, 3.05) is 25.3 Å². The normalized spacial score (nSPS) is 20.3. The van der Waals surface area contributed by atoms with E-state index in [1.807, 2.05) is 0 Å². The zero-order chi connectivity index (χ0) is 8.48. The molecule has 1 rings (SSSR count). The highest BCUT2D eigenvalue weighted by molar-refractivity contribution is 7.90. The lowest BCUT2D eigenvalue weighted by molar-refractivity contribution is -0.118. The Morgan fingerprint density at radius 2 is 2.27 bits per heavy atom. The van der Waals surface area contributed by atoms with Crippen molar-refractivity contribution >= 4 is 15.7 Å². The summed E-state index contributed by atoms with van der Waals surface area (Å²) in [6, 6.07) is 0. The molecule has 0 aliphatic carbocycles. The molecule has 64 valence electrons. The fourth-order valence-corrected chi connectivity index (χ4v) is 1.78. The van der Waals surface area contributed by atoms with Crippen molar-refractivity contribution in [1.82, 2.24) is 10.2 Å². The first-order chi connectivity index (χ1) is 4.97. The number of hydrogen-bond acceptors (Lipinski definition) is 4. The van der Waals surface area contributed by atoms with E-state index in [-0.39, 0.29) is 18.3 Å². The molecule has 0 radical (unpaired) electrons. The number of hydrogen-bond donors (Lipinski definition) is 1. The number of amides is 1. The number of carbonyl (C=O) groups is 1. The van der Waals surface area contributed by atoms with Crippen LogP contribution in [0.4, 0.5) is 0 Å². The van der Waals surface area contributed by atoms with Gasteiger partial charge in [-0.2, -0.15) is 0 Å². The van der Waals surface area contributed by atoms with Crippen LogP contribution in [0, 0.1) is 0 Å². The fraction of sp³-hybridized carbons (Fsp3) is 0.800. The number of carbonyl (C=O) groups excluding carboxylic acids is 1. The van der Waals surface area contributed by atoms with Crippen molar-refractivity contribution < 1.29 is 13.2 Å². The fourth-order valence-electron chi connectivity index (χ4n) is 0.938. The second-order valence-electron chi connectivity index (χ2n) is 2.64. The zero-order valence-electron chi connectivity index (χ0n) is 6.20. The van der Waals surface area contributed by atoms with Crippen molar-refractivity contribution in [3.63, 3.8) is 0 Å². The van der Waals surface area contributed by atoms with Gasteiger partial charge in [-0.05, 0) is 0 Å². The topological polar surface area (TPSA) is 66.5 Å². The van der Waals surface area contributed by atoms with E-state index in [1.165, 1.54) is 4.90 Å². The van der Waals surface area contributed by atoms with Gasteiger partial charge in [0.05, 0.1) is 13.2 Å². The number of nitrogens with zero attached hydrogens (tertiary/aromatic N) is 1. The maximum Gasteiger partial charge on any atom is 0.235 e. The predicted molar refractivity (Wildman–Crippen MR) is 39.4 cm³/mol. The van der Waals surface area contributed by atoms with Gasteiger partial charge in [0.2, 0.25) is 5.91 Å². The minimum absolute atomic E-state index is 0.0499. The Balaban J connectivity index is 2.47. The van der Waals surface area contributed by atoms with Crippen LogP contribution in [0.3, 0.4) is 0 Å². The zero-order valence-corrected chi connectivity index (χ0v) is 7.02. The van der Waals surface area contributed by atoms with Crippen molar-refractivity contribution in [2.45, 2.75) is 0 Å². The van der Waals surface area contributed by atoms with Crippen LogP contribution in [0.2, 0.25) is 0 Å². The van der Waals surface area contributed by atoms with Crippen LogP contribution in [-0.2, 0) is 14.6 Å². The van der Waals surface area contributed by atoms with E-state index >= 15 is 0 Å². The minimum atomic E-state index is -3.00. The van der Waals surface area contributed by atoms with Crippen molar-refractivity contribution in [2.24, 2.45) is 0 Å². The SMILES string of the molecule is CS(=O)(=O)CN1CNC(=O)C1. The average molecular weight is 178 g/mol. The molecular weight excluding hydrogens is 168 g/mol. The summed E-state index contributed by atoms with van der Waals surface area (Å²) in [5.41, 5.74) is 0. The molecule has 1 amide bonds. The highest BCUT2D eigenvalue weighted by Crippen LogP contribution is 1.96. The van der Waals surface area contributed by atoms with E-state index in [9.17, 15) is 13.2 Å². The van der Waals surface area contributed by atoms with Gasteiger partial charge in [-0.3, -0.25) is 9.69 Å². The van der Waals surface area contributed by atoms with Gasteiger partial charge >= 0.3 is 0 Å². The first-order valence-corrected chi connectivity index (χ1v) is 5.20. The molecule has 0 spiro atoms. The second-order valence-corrected chi connectivity index (χ2v) is 4.75. The van der Waals surface area contributed by atoms with Crippen LogP contribution in [-0.4, -0.2) is 44.6 Å². The largest absolute Gasteiger partial charge is 0.342 e. The molecule has 0 atom stereocenters. The number of sulfone groups is 1. The summed E-state index contributed by atoms with van der Waals surface area (Å²) in [6.07, 6.45) is 1.15. The van der Waals surface area contributed by atoms with Crippen LogP contribution in [0.15, 0.2) is 0 Å². The third-order valence-electron chi connectivity index (χ3n) is 1.28. The lowest BCUT2D eigenvalue weighted by Gasteiger charge is -2.09. The monoisotopic (exact) mass is 178 g/mol. The smallest absolute Gasteiger partial charge is 0.235 e. The third kappa shape index (κ3) is 2.85. The summed E-state index contributed by atoms with van der Waals surface area (Å²) in [4.78, 5) is 12.1. The molecule has 1 heterocycles. The lowest BCUT2D eigenvalue weighted by atomic mass is 10.6. The van der Waals surface area contributed by atoms with E-state index < -0.39 is 9.84 Å². The Morgan fingerprint density at radius 1 is 1.64 bits per heavy atom. The third-order valence-corrected chi connectivity index (χ3v) is 2.12. The lowest BCUT2D eigenvalue weighted by Crippen LogP contribution is -2.28. The molecule has 1 N–H and O–H groups in total. The summed E-state index contributed by atoms with van der Waals surface area (Å²) >= 11 is 0. The minimum Gasteiger partial charge on any atom is -0.342 e. The highest BCUT2D eigenvalue weighted by Gasteiger charge is 2.20. The Labute approximate surface area is 65.3 Å². The Morgan fingerprint density at radius 3 is 2.64 bits per heavy atom. The molecule has 5 nitrogen and oxygen atoms in total. The maximum atomic E-state index is 10.7. The standard InChI is InChI=1S/C5H10N2O3S/c1-11(9,10)4-7-2-5(8)6-3-7/h2-4H2,1H3,(H,6,8). The molecule has 11 heavy (non-hydrogen) atoms. The summed E-state index contributed by atoms with van der Waals surface area (Å²) in [5, 5.41) is 2.51. The number of nitrogens with one attached hydrogen (secondary N) is 1. The molecule has 1 saturated heterocycles. The van der Waals surface area contributed by atoms with Gasteiger partial charge in [0, 0.05) is 6.26 Å². The molecule has 6 heteroatoms. The van der Waals surface area contributed by atoms with E-state index in [0.29, 0.717) is 6.67 Å². The molecule has 0 bridgehead atoms. The van der Waals surface area contributed by atoms with Gasteiger partial charge in [-0.25, -0.2) is 8.42 Å². The van der Waals surface area contributed by atoms with Gasteiger partial charge in [-0.1, -0.05) is 0 Å². The van der Waals surface area contributed by atoms with E-state index in [2.05, 4.69) is 5.32 Å². The van der Waals surface area contributed by atoms with E-state index in [4.69, 9.17) is 0 Å². The van der Waals surface area contributed by atoms with E-state index in [1.54, 1.807) is 0 Å². The molecule has 1 aliphatic heterocycles. The van der Waals surface area contributed by atoms with Gasteiger partial charge in [0.1, 0.15) is 5.88 Å². The van der Waals surface area contributed by atoms with Crippen LogP contribution in [0.25, 0.3) is 0 Å². The Hall–Kier alpha value is -0.620. The molecule has 1 aliphatic rings. The molecule has 0 aromatic heterocycles. The van der Waals surface area contributed by atoms with Gasteiger partial charge in [0.15, 0.2) is 9.84 Å². The summed E-state index contributed by atoms with van der Waals surface area (Å²) < 4.78 is 21.4. The molecule has 1 fully saturated rings. The second kappa shape index (κ2) is 2.78. The predicted octanol–water partition coefficient (Wildman–Crippen LogP) is -1.62. The maximum absolute atomic E-state index is 10.7. The van der Waals surface area contributed by atoms with Crippen molar-refractivity contribution in [3.05, 3.63) is 0 Å². The van der Waals surface area contributed by atoms with Crippen LogP contribution in [0.1, 0.15) is 0 Å². The molecule has 0 aromatic rings. The first-order valence-electron chi connectivity index (χ1n) is 3.14. The quantitative estimate of drug-likeness (QED) is 0.552. The van der Waals surface area contributed by atoms with Crippen molar-refractivity contribution in [3.8, 4) is 0 Å². The van der Waals surface area contributed by atoms with Crippen LogP contribution >= 0.6 is 0 Å². The number of rotatable bonds is 2. The molecular formula is C5H10N2O3S. The molecule has 0 unspecified atom stereocenters. The van der Waals surface area contributed by atoms with E-state index in [0.717, 1.165) is 6.26 Å². The van der Waals surface area contributed by atoms with Gasteiger partial charge in [-0.15, -0.1) is 0 Å². The summed E-state index contributed by atoms with van der Waals surface area (Å²) in [7, 11) is -3.00. The van der Waals surface area contributed by atoms with Crippen molar-refractivity contribution in [1.29, 1.82) is 0 Å². The Bertz CT molecular complexity index is 259. The first kappa shape index (κ1) is 8.48. The Kier molecular flexibility index (Phi) is 2.15. The van der Waals surface area contributed by atoms with Crippen LogP contribution in [0.5, 0.6) is 0 Å². The molecule has 0 aromatic carbocycles. The molecule has 0 saturated carbocycles. The van der Waals surface area contributed by atoms with Gasteiger partial charge < -0.3 is 5.32 Å². The summed E-state index contributed by atoms with van der Waals surface area (Å²) in [5.74, 6) is -0.167. The van der Waals surface area contributed by atoms with Gasteiger partial charge in [0.25, 0.3) is 0 Å². The summed E-state index contributed by atoms with van der Waals surface area (Å²) in [6.45, 7) is 0.527. The highest BCUT2D eigenvalue weighted by atomic mass is 32.2. The average Bonchev–Trinajstić information content (AvgIpc) is 2.10.